The van der Waals surface area contributed by atoms with Crippen LogP contribution >= 0.6 is 0 Å². The number of allylic oxidation sites excluding steroid dienone is 1. The molecule has 0 spiro atoms. The maximum atomic E-state index is 10.6. The van der Waals surface area contributed by atoms with E-state index in [1.807, 2.05) is 65.4 Å². The van der Waals surface area contributed by atoms with E-state index in [1.165, 1.54) is 0 Å². The summed E-state index contributed by atoms with van der Waals surface area (Å²) in [5.74, 6) is 2.20. The summed E-state index contributed by atoms with van der Waals surface area (Å²) in [7, 11) is 1.65. The largest absolute Gasteiger partial charge is 0.497 e. The van der Waals surface area contributed by atoms with Crippen LogP contribution in [0.3, 0.4) is 0 Å². The molecule has 3 rings (SSSR count). The van der Waals surface area contributed by atoms with Crippen molar-refractivity contribution in [1.82, 2.24) is 14.7 Å². The lowest BCUT2D eigenvalue weighted by molar-refractivity contribution is 0.102. The number of hydrogen-bond acceptors (Lipinski definition) is 5. The van der Waals surface area contributed by atoms with Crippen LogP contribution < -0.4 is 9.47 Å². The van der Waals surface area contributed by atoms with Gasteiger partial charge in [0, 0.05) is 13.1 Å². The van der Waals surface area contributed by atoms with Crippen LogP contribution in [-0.2, 0) is 13.0 Å². The van der Waals surface area contributed by atoms with Crippen LogP contribution in [0.15, 0.2) is 67.3 Å². The molecule has 0 amide bonds. The monoisotopic (exact) mass is 463 g/mol. The Morgan fingerprint density at radius 3 is 2.41 bits per heavy atom. The van der Waals surface area contributed by atoms with Gasteiger partial charge >= 0.3 is 0 Å². The quantitative estimate of drug-likeness (QED) is 0.307. The Bertz CT molecular complexity index is 1020. The molecule has 1 heterocycles. The van der Waals surface area contributed by atoms with Gasteiger partial charge in [0.15, 0.2) is 0 Å². The molecule has 0 fully saturated rings. The lowest BCUT2D eigenvalue weighted by atomic mass is 10.1. The molecule has 0 bridgehead atoms. The lowest BCUT2D eigenvalue weighted by Gasteiger charge is -2.25. The molecule has 3 aromatic rings. The van der Waals surface area contributed by atoms with Gasteiger partial charge in [0.2, 0.25) is 5.88 Å². The molecule has 182 valence electrons. The summed E-state index contributed by atoms with van der Waals surface area (Å²) < 4.78 is 13.6. The lowest BCUT2D eigenvalue weighted by Crippen LogP contribution is -2.33. The summed E-state index contributed by atoms with van der Waals surface area (Å²) in [5.41, 5.74) is 2.99. The van der Waals surface area contributed by atoms with Crippen LogP contribution in [0.1, 0.15) is 44.4 Å². The fourth-order valence-electron chi connectivity index (χ4n) is 4.00. The number of hydrogen-bond donors (Lipinski definition) is 1. The highest BCUT2D eigenvalue weighted by Gasteiger charge is 2.23. The number of benzene rings is 2. The van der Waals surface area contributed by atoms with Crippen LogP contribution in [0, 0.1) is 0 Å². The van der Waals surface area contributed by atoms with E-state index in [0.717, 1.165) is 54.3 Å². The second-order valence-electron chi connectivity index (χ2n) is 8.36. The zero-order chi connectivity index (χ0) is 24.3. The summed E-state index contributed by atoms with van der Waals surface area (Å²) in [5, 5.41) is 15.5. The number of ether oxygens (including phenoxy) is 2. The predicted molar refractivity (Wildman–Crippen MR) is 137 cm³/mol. The summed E-state index contributed by atoms with van der Waals surface area (Å²) >= 11 is 0. The Balaban J connectivity index is 1.99. The maximum absolute atomic E-state index is 10.6. The predicted octanol–water partition coefficient (Wildman–Crippen LogP) is 5.77. The standard InChI is InChI=1S/C28H37N3O3/c1-5-8-14-23(32)20-30(19-6-2)21-26-27(7-3)29-31(22-12-10-9-11-13-22)28(26)34-25-17-15-24(33-4)16-18-25/h5,9-13,15-18,23,32H,1,6-8,14,19-21H2,2-4H3. The van der Waals surface area contributed by atoms with Gasteiger partial charge in [-0.2, -0.15) is 5.10 Å². The summed E-state index contributed by atoms with van der Waals surface area (Å²) in [6.07, 6.45) is 4.75. The molecular weight excluding hydrogens is 426 g/mol. The van der Waals surface area contributed by atoms with Crippen molar-refractivity contribution >= 4 is 0 Å². The molecule has 0 aliphatic carbocycles. The van der Waals surface area contributed by atoms with Crippen molar-refractivity contribution < 1.29 is 14.6 Å². The van der Waals surface area contributed by atoms with Gasteiger partial charge in [-0.05, 0) is 68.6 Å². The molecule has 0 radical (unpaired) electrons. The maximum Gasteiger partial charge on any atom is 0.227 e. The Hall–Kier alpha value is -3.09. The van der Waals surface area contributed by atoms with E-state index in [0.29, 0.717) is 25.4 Å². The van der Waals surface area contributed by atoms with E-state index < -0.39 is 6.10 Å². The minimum atomic E-state index is -0.398. The Kier molecular flexibility index (Phi) is 9.74. The molecule has 0 saturated heterocycles. The third-order valence-corrected chi connectivity index (χ3v) is 5.72. The first-order chi connectivity index (χ1) is 16.6. The van der Waals surface area contributed by atoms with Gasteiger partial charge < -0.3 is 14.6 Å². The summed E-state index contributed by atoms with van der Waals surface area (Å²) in [6.45, 7) is 10.2. The van der Waals surface area contributed by atoms with Crippen LogP contribution in [0.5, 0.6) is 17.4 Å². The second-order valence-corrected chi connectivity index (χ2v) is 8.36. The first-order valence-corrected chi connectivity index (χ1v) is 12.1. The van der Waals surface area contributed by atoms with E-state index >= 15 is 0 Å². The summed E-state index contributed by atoms with van der Waals surface area (Å²) in [4.78, 5) is 2.29. The normalized spacial score (nSPS) is 12.0. The summed E-state index contributed by atoms with van der Waals surface area (Å²) in [6, 6.07) is 17.6. The number of para-hydroxylation sites is 1. The van der Waals surface area contributed by atoms with Gasteiger partial charge in [-0.3, -0.25) is 4.90 Å². The van der Waals surface area contributed by atoms with E-state index in [2.05, 4.69) is 25.3 Å². The minimum Gasteiger partial charge on any atom is -0.497 e. The molecule has 6 heteroatoms. The highest BCUT2D eigenvalue weighted by molar-refractivity contribution is 5.44. The average molecular weight is 464 g/mol. The van der Waals surface area contributed by atoms with Gasteiger partial charge in [-0.15, -0.1) is 6.58 Å². The molecule has 0 aliphatic rings. The van der Waals surface area contributed by atoms with Gasteiger partial charge in [0.1, 0.15) is 11.5 Å². The SMILES string of the molecule is C=CCCC(O)CN(CCC)Cc1c(CC)nn(-c2ccccc2)c1Oc1ccc(OC)cc1. The average Bonchev–Trinajstić information content (AvgIpc) is 3.20. The number of nitrogens with zero attached hydrogens (tertiary/aromatic N) is 3. The number of rotatable bonds is 14. The number of aromatic nitrogens is 2. The molecule has 0 saturated carbocycles. The van der Waals surface area contributed by atoms with Crippen molar-refractivity contribution in [3.05, 3.63) is 78.5 Å². The topological polar surface area (TPSA) is 59.8 Å². The highest BCUT2D eigenvalue weighted by atomic mass is 16.5. The van der Waals surface area contributed by atoms with Crippen molar-refractivity contribution in [2.24, 2.45) is 0 Å². The third-order valence-electron chi connectivity index (χ3n) is 5.72. The smallest absolute Gasteiger partial charge is 0.227 e. The minimum absolute atomic E-state index is 0.398. The fraction of sp³-hybridized carbons (Fsp3) is 0.393. The zero-order valence-corrected chi connectivity index (χ0v) is 20.6. The Labute approximate surface area is 203 Å². The molecule has 1 N–H and O–H groups in total. The van der Waals surface area contributed by atoms with Crippen molar-refractivity contribution in [2.75, 3.05) is 20.2 Å². The molecule has 0 aliphatic heterocycles. The van der Waals surface area contributed by atoms with Crippen LogP contribution in [0.2, 0.25) is 0 Å². The number of methoxy groups -OCH3 is 1. The number of aliphatic hydroxyl groups is 1. The van der Waals surface area contributed by atoms with Gasteiger partial charge in [-0.25, -0.2) is 4.68 Å². The van der Waals surface area contributed by atoms with E-state index in [-0.39, 0.29) is 0 Å². The van der Waals surface area contributed by atoms with E-state index in [4.69, 9.17) is 14.6 Å². The second kappa shape index (κ2) is 13.0. The highest BCUT2D eigenvalue weighted by Crippen LogP contribution is 2.33. The van der Waals surface area contributed by atoms with Gasteiger partial charge in [0.25, 0.3) is 0 Å². The van der Waals surface area contributed by atoms with Gasteiger partial charge in [0.05, 0.1) is 30.2 Å². The first-order valence-electron chi connectivity index (χ1n) is 12.1. The molecule has 34 heavy (non-hydrogen) atoms. The zero-order valence-electron chi connectivity index (χ0n) is 20.6. The van der Waals surface area contributed by atoms with Crippen molar-refractivity contribution in [3.63, 3.8) is 0 Å². The molecule has 6 nitrogen and oxygen atoms in total. The molecule has 1 aromatic heterocycles. The number of aliphatic hydroxyl groups excluding tert-OH is 1. The third kappa shape index (κ3) is 6.72. The fourth-order valence-corrected chi connectivity index (χ4v) is 4.00. The van der Waals surface area contributed by atoms with Crippen molar-refractivity contribution in [3.8, 4) is 23.1 Å². The van der Waals surface area contributed by atoms with Crippen molar-refractivity contribution in [2.45, 2.75) is 52.2 Å². The van der Waals surface area contributed by atoms with E-state index in [1.54, 1.807) is 7.11 Å². The first kappa shape index (κ1) is 25.5. The number of aryl methyl sites for hydroxylation is 1. The molecule has 2 aromatic carbocycles. The molecule has 1 atom stereocenters. The van der Waals surface area contributed by atoms with E-state index in [9.17, 15) is 5.11 Å². The molecule has 1 unspecified atom stereocenters. The van der Waals surface area contributed by atoms with Crippen LogP contribution in [0.4, 0.5) is 0 Å². The molecular formula is C28H37N3O3. The van der Waals surface area contributed by atoms with Crippen LogP contribution in [-0.4, -0.2) is 46.1 Å². The van der Waals surface area contributed by atoms with Crippen LogP contribution in [0.25, 0.3) is 5.69 Å². The Morgan fingerprint density at radius 1 is 1.09 bits per heavy atom. The Morgan fingerprint density at radius 2 is 1.79 bits per heavy atom. The van der Waals surface area contributed by atoms with Crippen molar-refractivity contribution in [1.29, 1.82) is 0 Å². The van der Waals surface area contributed by atoms with Gasteiger partial charge in [-0.1, -0.05) is 38.1 Å².